The Bertz CT molecular complexity index is 398. The first-order valence-corrected chi connectivity index (χ1v) is 10.8. The summed E-state index contributed by atoms with van der Waals surface area (Å²) in [5, 5.41) is 8.35. The fraction of sp³-hybridized carbons (Fsp3) is 0.571. The molecule has 0 fully saturated rings. The maximum absolute atomic E-state index is 10.6. The van der Waals surface area contributed by atoms with Crippen molar-refractivity contribution >= 4 is 27.1 Å². The second-order valence-corrected chi connectivity index (χ2v) is 8.46. The van der Waals surface area contributed by atoms with Gasteiger partial charge < -0.3 is 10.1 Å². The Labute approximate surface area is 124 Å². The number of pyridine rings is 1. The van der Waals surface area contributed by atoms with Crippen molar-refractivity contribution in [1.29, 1.82) is 0 Å². The zero-order chi connectivity index (χ0) is 14.5. The zero-order valence-electron chi connectivity index (χ0n) is 11.7. The van der Waals surface area contributed by atoms with Crippen molar-refractivity contribution in [1.82, 2.24) is 4.98 Å². The number of carbonyl (C=O) groups is 1. The number of H-pyrrole nitrogens is 1. The fourth-order valence-electron chi connectivity index (χ4n) is 1.32. The average molecular weight is 372 g/mol. The van der Waals surface area contributed by atoms with Gasteiger partial charge in [-0.25, -0.2) is 4.79 Å². The molecule has 0 saturated heterocycles. The van der Waals surface area contributed by atoms with E-state index in [-0.39, 0.29) is 26.7 Å². The largest absolute Gasteiger partial charge is 0.477 e. The summed E-state index contributed by atoms with van der Waals surface area (Å²) in [5.41, 5.74) is -0.808. The molecule has 4 nitrogen and oxygen atoms in total. The molecule has 0 amide bonds. The molecule has 0 aliphatic rings. The molecule has 0 aliphatic heterocycles. The van der Waals surface area contributed by atoms with Crippen LogP contribution in [0.1, 0.15) is 49.9 Å². The first kappa shape index (κ1) is 18.2. The number of aromatic amines is 1. The number of hydrogen-bond donors (Lipinski definition) is 2. The van der Waals surface area contributed by atoms with Crippen molar-refractivity contribution in [2.45, 2.75) is 48.4 Å². The van der Waals surface area contributed by atoms with Crippen LogP contribution in [0, 0.1) is 0 Å². The van der Waals surface area contributed by atoms with E-state index in [9.17, 15) is 9.59 Å². The minimum absolute atomic E-state index is 0.149. The fourth-order valence-corrected chi connectivity index (χ4v) is 5.48. The number of carboxylic acids is 1. The number of rotatable bonds is 7. The van der Waals surface area contributed by atoms with Crippen LogP contribution in [0.4, 0.5) is 0 Å². The molecule has 5 heteroatoms. The SMILES string of the molecule is CCC[CH2][Sn][CH2]CCC.O=C(O)c1ccc[nH]c1=O. The van der Waals surface area contributed by atoms with Crippen LogP contribution in [-0.4, -0.2) is 37.2 Å². The van der Waals surface area contributed by atoms with Crippen molar-refractivity contribution in [2.24, 2.45) is 0 Å². The van der Waals surface area contributed by atoms with Gasteiger partial charge in [0.2, 0.25) is 0 Å². The maximum Gasteiger partial charge on any atom is 0.341 e. The normalized spacial score (nSPS) is 9.58. The molecule has 106 valence electrons. The summed E-state index contributed by atoms with van der Waals surface area (Å²) in [4.78, 5) is 23.1. The zero-order valence-corrected chi connectivity index (χ0v) is 14.6. The number of aromatic carboxylic acids is 1. The number of carboxylic acid groups (broad SMARTS) is 1. The van der Waals surface area contributed by atoms with Gasteiger partial charge in [-0.3, -0.25) is 4.79 Å². The van der Waals surface area contributed by atoms with Gasteiger partial charge in [0, 0.05) is 6.20 Å². The molecular weight excluding hydrogens is 349 g/mol. The van der Waals surface area contributed by atoms with Crippen LogP contribution < -0.4 is 5.56 Å². The summed E-state index contributed by atoms with van der Waals surface area (Å²) in [5.74, 6) is -1.21. The van der Waals surface area contributed by atoms with E-state index in [2.05, 4.69) is 18.8 Å². The van der Waals surface area contributed by atoms with Crippen LogP contribution in [0.2, 0.25) is 8.87 Å². The summed E-state index contributed by atoms with van der Waals surface area (Å²) < 4.78 is 3.25. The van der Waals surface area contributed by atoms with Gasteiger partial charge in [-0.2, -0.15) is 0 Å². The molecule has 0 saturated carbocycles. The van der Waals surface area contributed by atoms with Crippen LogP contribution in [0.25, 0.3) is 0 Å². The number of aromatic nitrogens is 1. The van der Waals surface area contributed by atoms with Gasteiger partial charge in [-0.05, 0) is 12.1 Å². The van der Waals surface area contributed by atoms with Crippen molar-refractivity contribution in [3.05, 3.63) is 34.2 Å². The van der Waals surface area contributed by atoms with E-state index in [1.165, 1.54) is 44.0 Å². The van der Waals surface area contributed by atoms with Crippen molar-refractivity contribution in [3.63, 3.8) is 0 Å². The summed E-state index contributed by atoms with van der Waals surface area (Å²) in [7, 11) is 0. The molecule has 1 rings (SSSR count). The second-order valence-electron chi connectivity index (χ2n) is 4.18. The minimum atomic E-state index is -1.21. The predicted molar refractivity (Wildman–Crippen MR) is 79.2 cm³/mol. The molecule has 0 bridgehead atoms. The van der Waals surface area contributed by atoms with E-state index in [1.54, 1.807) is 8.87 Å². The van der Waals surface area contributed by atoms with Crippen LogP contribution in [0.15, 0.2) is 23.1 Å². The molecule has 2 radical (unpaired) electrons. The van der Waals surface area contributed by atoms with E-state index in [0.717, 1.165) is 0 Å². The van der Waals surface area contributed by atoms with E-state index in [0.29, 0.717) is 0 Å². The molecular formula is C14H23NO3Sn. The Morgan fingerprint density at radius 1 is 1.26 bits per heavy atom. The Morgan fingerprint density at radius 3 is 2.21 bits per heavy atom. The molecule has 1 aromatic heterocycles. The number of unbranched alkanes of at least 4 members (excludes halogenated alkanes) is 2. The quantitative estimate of drug-likeness (QED) is 0.571. The monoisotopic (exact) mass is 373 g/mol. The Kier molecular flexibility index (Phi) is 11.8. The van der Waals surface area contributed by atoms with Crippen LogP contribution in [0.3, 0.4) is 0 Å². The summed E-state index contributed by atoms with van der Waals surface area (Å²) >= 11 is 0.149. The molecule has 1 aromatic rings. The van der Waals surface area contributed by atoms with E-state index in [4.69, 9.17) is 5.11 Å². The molecule has 19 heavy (non-hydrogen) atoms. The van der Waals surface area contributed by atoms with Crippen molar-refractivity contribution in [2.75, 3.05) is 0 Å². The van der Waals surface area contributed by atoms with E-state index >= 15 is 0 Å². The Morgan fingerprint density at radius 2 is 1.84 bits per heavy atom. The summed E-state index contributed by atoms with van der Waals surface area (Å²) in [6.07, 6.45) is 7.22. The van der Waals surface area contributed by atoms with Gasteiger partial charge >= 0.3 is 75.5 Å². The molecule has 2 N–H and O–H groups in total. The van der Waals surface area contributed by atoms with E-state index < -0.39 is 11.5 Å². The minimum Gasteiger partial charge on any atom is -0.477 e. The first-order valence-electron chi connectivity index (χ1n) is 6.75. The Hall–Kier alpha value is -0.781. The standard InChI is InChI=1S/C6H5NO3.2C4H9.Sn/c8-5-4(6(9)10)2-1-3-7-5;2*1-3-4-2;/h1-3H,(H,7,8)(H,9,10);2*1,3-4H2,2H3;. The smallest absolute Gasteiger partial charge is 0.341 e. The third kappa shape index (κ3) is 9.76. The second kappa shape index (κ2) is 12.3. The molecule has 0 aliphatic carbocycles. The number of nitrogens with one attached hydrogen (secondary N) is 1. The van der Waals surface area contributed by atoms with Gasteiger partial charge in [0.1, 0.15) is 5.56 Å². The topological polar surface area (TPSA) is 70.2 Å². The van der Waals surface area contributed by atoms with Gasteiger partial charge in [0.05, 0.1) is 0 Å². The van der Waals surface area contributed by atoms with Crippen LogP contribution in [0.5, 0.6) is 0 Å². The Balaban J connectivity index is 0.000000344. The van der Waals surface area contributed by atoms with Crippen molar-refractivity contribution in [3.8, 4) is 0 Å². The van der Waals surface area contributed by atoms with Crippen LogP contribution in [-0.2, 0) is 0 Å². The first-order chi connectivity index (χ1) is 9.13. The number of hydrogen-bond acceptors (Lipinski definition) is 2. The van der Waals surface area contributed by atoms with E-state index in [1.807, 2.05) is 0 Å². The van der Waals surface area contributed by atoms with Gasteiger partial charge in [-0.1, -0.05) is 0 Å². The third-order valence-electron chi connectivity index (χ3n) is 2.46. The molecule has 1 heterocycles. The van der Waals surface area contributed by atoms with Gasteiger partial charge in [0.15, 0.2) is 0 Å². The molecule has 0 atom stereocenters. The van der Waals surface area contributed by atoms with Crippen LogP contribution >= 0.6 is 0 Å². The molecule has 0 unspecified atom stereocenters. The molecule has 0 spiro atoms. The van der Waals surface area contributed by atoms with Gasteiger partial charge in [-0.15, -0.1) is 0 Å². The summed E-state index contributed by atoms with van der Waals surface area (Å²) in [6.45, 7) is 4.58. The summed E-state index contributed by atoms with van der Waals surface area (Å²) in [6, 6.07) is 2.71. The third-order valence-corrected chi connectivity index (χ3v) is 6.50. The average Bonchev–Trinajstić information content (AvgIpc) is 2.40. The maximum atomic E-state index is 10.6. The molecule has 0 aromatic carbocycles. The van der Waals surface area contributed by atoms with Gasteiger partial charge in [0.25, 0.3) is 5.56 Å². The van der Waals surface area contributed by atoms with Crippen molar-refractivity contribution < 1.29 is 9.90 Å². The predicted octanol–water partition coefficient (Wildman–Crippen LogP) is 3.20.